The molecule has 2 rings (SSSR count). The molecule has 0 bridgehead atoms. The van der Waals surface area contributed by atoms with Crippen LogP contribution in [0.25, 0.3) is 10.9 Å². The van der Waals surface area contributed by atoms with E-state index in [1.54, 1.807) is 18.3 Å². The number of aromatic nitrogens is 1. The van der Waals surface area contributed by atoms with E-state index in [1.807, 2.05) is 0 Å². The van der Waals surface area contributed by atoms with Crippen molar-refractivity contribution in [3.05, 3.63) is 35.8 Å². The van der Waals surface area contributed by atoms with Gasteiger partial charge in [0.15, 0.2) is 5.78 Å². The average molecular weight is 206 g/mol. The number of aromatic amines is 1. The van der Waals surface area contributed by atoms with E-state index in [1.165, 1.54) is 6.07 Å². The Morgan fingerprint density at radius 3 is 2.93 bits per heavy atom. The van der Waals surface area contributed by atoms with Gasteiger partial charge in [0.2, 0.25) is 0 Å². The van der Waals surface area contributed by atoms with Crippen LogP contribution >= 0.6 is 0 Å². The SMILES string of the molecule is NCCC(=O)c1ccc2[nH]ccc2c1F. The van der Waals surface area contributed by atoms with Crippen LogP contribution in [0.2, 0.25) is 0 Å². The number of halogens is 1. The van der Waals surface area contributed by atoms with Crippen molar-refractivity contribution < 1.29 is 9.18 Å². The van der Waals surface area contributed by atoms with Gasteiger partial charge in [0.05, 0.1) is 5.56 Å². The first-order chi connectivity index (χ1) is 7.24. The van der Waals surface area contributed by atoms with E-state index in [-0.39, 0.29) is 24.3 Å². The summed E-state index contributed by atoms with van der Waals surface area (Å²) in [5.41, 5.74) is 6.07. The number of fused-ring (bicyclic) bond motifs is 1. The van der Waals surface area contributed by atoms with Gasteiger partial charge in [-0.2, -0.15) is 0 Å². The third-order valence-corrected chi connectivity index (χ3v) is 2.34. The Kier molecular flexibility index (Phi) is 2.51. The fraction of sp³-hybridized carbons (Fsp3) is 0.182. The van der Waals surface area contributed by atoms with E-state index < -0.39 is 5.82 Å². The lowest BCUT2D eigenvalue weighted by atomic mass is 10.1. The average Bonchev–Trinajstić information content (AvgIpc) is 2.67. The number of ketones is 1. The maximum atomic E-state index is 13.8. The number of carbonyl (C=O) groups excluding carboxylic acids is 1. The molecule has 3 nitrogen and oxygen atoms in total. The van der Waals surface area contributed by atoms with E-state index in [0.717, 1.165) is 0 Å². The number of rotatable bonds is 3. The number of Topliss-reactive ketones (excluding diaryl/α,β-unsaturated/α-hetero) is 1. The Bertz CT molecular complexity index is 504. The molecule has 2 aromatic rings. The summed E-state index contributed by atoms with van der Waals surface area (Å²) in [4.78, 5) is 14.4. The van der Waals surface area contributed by atoms with E-state index in [2.05, 4.69) is 4.98 Å². The number of benzene rings is 1. The Morgan fingerprint density at radius 2 is 2.20 bits per heavy atom. The number of hydrogen-bond acceptors (Lipinski definition) is 2. The monoisotopic (exact) mass is 206 g/mol. The van der Waals surface area contributed by atoms with Crippen LogP contribution in [0.3, 0.4) is 0 Å². The number of hydrogen-bond donors (Lipinski definition) is 2. The molecule has 0 fully saturated rings. The van der Waals surface area contributed by atoms with Crippen LogP contribution in [-0.2, 0) is 0 Å². The van der Waals surface area contributed by atoms with Crippen LogP contribution in [0.15, 0.2) is 24.4 Å². The first-order valence-electron chi connectivity index (χ1n) is 4.73. The zero-order chi connectivity index (χ0) is 10.8. The van der Waals surface area contributed by atoms with Gasteiger partial charge in [-0.05, 0) is 24.7 Å². The highest BCUT2D eigenvalue weighted by molar-refractivity contribution is 6.00. The number of nitrogens with two attached hydrogens (primary N) is 1. The minimum atomic E-state index is -0.466. The second-order valence-corrected chi connectivity index (χ2v) is 3.33. The van der Waals surface area contributed by atoms with Gasteiger partial charge in [-0.25, -0.2) is 4.39 Å². The molecule has 0 radical (unpaired) electrons. The van der Waals surface area contributed by atoms with Crippen LogP contribution in [0.1, 0.15) is 16.8 Å². The molecule has 0 aliphatic heterocycles. The predicted octanol–water partition coefficient (Wildman–Crippen LogP) is 1.84. The van der Waals surface area contributed by atoms with Gasteiger partial charge in [-0.1, -0.05) is 0 Å². The van der Waals surface area contributed by atoms with Crippen molar-refractivity contribution in [1.29, 1.82) is 0 Å². The highest BCUT2D eigenvalue weighted by Crippen LogP contribution is 2.20. The predicted molar refractivity (Wildman–Crippen MR) is 56.3 cm³/mol. The van der Waals surface area contributed by atoms with E-state index in [4.69, 9.17) is 5.73 Å². The Labute approximate surface area is 86.1 Å². The topological polar surface area (TPSA) is 58.9 Å². The fourth-order valence-electron chi connectivity index (χ4n) is 1.58. The minimum absolute atomic E-state index is 0.118. The molecule has 0 saturated carbocycles. The highest BCUT2D eigenvalue weighted by Gasteiger charge is 2.13. The minimum Gasteiger partial charge on any atom is -0.361 e. The van der Waals surface area contributed by atoms with Gasteiger partial charge < -0.3 is 10.7 Å². The first kappa shape index (κ1) is 9.86. The molecule has 3 N–H and O–H groups in total. The Morgan fingerprint density at radius 1 is 1.40 bits per heavy atom. The molecule has 0 saturated heterocycles. The summed E-state index contributed by atoms with van der Waals surface area (Å²) < 4.78 is 13.8. The summed E-state index contributed by atoms with van der Waals surface area (Å²) in [6.07, 6.45) is 1.82. The van der Waals surface area contributed by atoms with Crippen LogP contribution in [0.4, 0.5) is 4.39 Å². The molecular formula is C11H11FN2O. The molecule has 78 valence electrons. The fourth-order valence-corrected chi connectivity index (χ4v) is 1.58. The summed E-state index contributed by atoms with van der Waals surface area (Å²) in [6, 6.07) is 4.80. The second kappa shape index (κ2) is 3.82. The van der Waals surface area contributed by atoms with Crippen LogP contribution in [0, 0.1) is 5.82 Å². The van der Waals surface area contributed by atoms with Gasteiger partial charge >= 0.3 is 0 Å². The molecule has 1 heterocycles. The molecule has 0 aliphatic carbocycles. The number of H-pyrrole nitrogens is 1. The van der Waals surface area contributed by atoms with E-state index >= 15 is 0 Å². The molecule has 0 atom stereocenters. The van der Waals surface area contributed by atoms with Gasteiger partial charge in [-0.15, -0.1) is 0 Å². The molecule has 15 heavy (non-hydrogen) atoms. The van der Waals surface area contributed by atoms with Crippen molar-refractivity contribution in [3.63, 3.8) is 0 Å². The quantitative estimate of drug-likeness (QED) is 0.753. The lowest BCUT2D eigenvalue weighted by molar-refractivity contribution is 0.0982. The zero-order valence-corrected chi connectivity index (χ0v) is 8.09. The molecule has 1 aromatic carbocycles. The molecule has 4 heteroatoms. The third-order valence-electron chi connectivity index (χ3n) is 2.34. The maximum absolute atomic E-state index is 13.8. The molecule has 0 unspecified atom stereocenters. The van der Waals surface area contributed by atoms with Gasteiger partial charge in [0.1, 0.15) is 5.82 Å². The largest absolute Gasteiger partial charge is 0.361 e. The Balaban J connectivity index is 2.52. The lowest BCUT2D eigenvalue weighted by Crippen LogP contribution is -2.09. The number of carbonyl (C=O) groups is 1. The summed E-state index contributed by atoms with van der Waals surface area (Å²) >= 11 is 0. The lowest BCUT2D eigenvalue weighted by Gasteiger charge is -2.02. The van der Waals surface area contributed by atoms with Crippen molar-refractivity contribution in [2.75, 3.05) is 6.54 Å². The van der Waals surface area contributed by atoms with Crippen molar-refractivity contribution in [2.45, 2.75) is 6.42 Å². The summed E-state index contributed by atoms with van der Waals surface area (Å²) in [7, 11) is 0. The molecule has 0 amide bonds. The highest BCUT2D eigenvalue weighted by atomic mass is 19.1. The number of nitrogens with one attached hydrogen (secondary N) is 1. The zero-order valence-electron chi connectivity index (χ0n) is 8.09. The maximum Gasteiger partial charge on any atom is 0.167 e. The van der Waals surface area contributed by atoms with Crippen LogP contribution in [0.5, 0.6) is 0 Å². The van der Waals surface area contributed by atoms with E-state index in [9.17, 15) is 9.18 Å². The third kappa shape index (κ3) is 1.64. The summed E-state index contributed by atoms with van der Waals surface area (Å²) in [5, 5.41) is 0.442. The van der Waals surface area contributed by atoms with Crippen molar-refractivity contribution in [1.82, 2.24) is 4.98 Å². The van der Waals surface area contributed by atoms with Crippen molar-refractivity contribution in [3.8, 4) is 0 Å². The van der Waals surface area contributed by atoms with Crippen LogP contribution in [-0.4, -0.2) is 17.3 Å². The summed E-state index contributed by atoms with van der Waals surface area (Å²) in [5.74, 6) is -0.717. The summed E-state index contributed by atoms with van der Waals surface area (Å²) in [6.45, 7) is 0.240. The molecule has 1 aromatic heterocycles. The normalized spacial score (nSPS) is 10.8. The molecular weight excluding hydrogens is 195 g/mol. The van der Waals surface area contributed by atoms with Crippen LogP contribution < -0.4 is 5.73 Å². The smallest absolute Gasteiger partial charge is 0.167 e. The van der Waals surface area contributed by atoms with Crippen molar-refractivity contribution in [2.24, 2.45) is 5.73 Å². The van der Waals surface area contributed by atoms with E-state index in [0.29, 0.717) is 10.9 Å². The standard InChI is InChI=1S/C11H11FN2O/c12-11-7-4-6-14-9(7)2-1-8(11)10(15)3-5-13/h1-2,4,6,14H,3,5,13H2. The first-order valence-corrected chi connectivity index (χ1v) is 4.73. The second-order valence-electron chi connectivity index (χ2n) is 3.33. The van der Waals surface area contributed by atoms with Gasteiger partial charge in [0.25, 0.3) is 0 Å². The van der Waals surface area contributed by atoms with Gasteiger partial charge in [0, 0.05) is 23.5 Å². The Hall–Kier alpha value is -1.68. The van der Waals surface area contributed by atoms with Gasteiger partial charge in [-0.3, -0.25) is 4.79 Å². The molecule has 0 aliphatic rings. The molecule has 0 spiro atoms. The van der Waals surface area contributed by atoms with Crippen molar-refractivity contribution >= 4 is 16.7 Å².